The fourth-order valence-electron chi connectivity index (χ4n) is 2.69. The van der Waals surface area contributed by atoms with Gasteiger partial charge in [-0.1, -0.05) is 31.8 Å². The van der Waals surface area contributed by atoms with Gasteiger partial charge in [-0.15, -0.1) is 0 Å². The van der Waals surface area contributed by atoms with Crippen molar-refractivity contribution in [1.29, 1.82) is 0 Å². The molecule has 0 radical (unpaired) electrons. The number of rotatable bonds is 5. The summed E-state index contributed by atoms with van der Waals surface area (Å²) >= 11 is 0. The van der Waals surface area contributed by atoms with E-state index < -0.39 is 0 Å². The first kappa shape index (κ1) is 14.1. The minimum atomic E-state index is -0.163. The number of carbonyl (C=O) groups excluding carboxylic acids is 1. The Hall–Kier alpha value is -1.36. The SMILES string of the molecule is CCC(CC)C1CC(NC(=O)c2ccon2)CCO1. The maximum absolute atomic E-state index is 11.9. The summed E-state index contributed by atoms with van der Waals surface area (Å²) in [5.74, 6) is 0.413. The highest BCUT2D eigenvalue weighted by Crippen LogP contribution is 2.25. The van der Waals surface area contributed by atoms with Crippen LogP contribution in [0.15, 0.2) is 16.9 Å². The lowest BCUT2D eigenvalue weighted by molar-refractivity contribution is -0.0337. The van der Waals surface area contributed by atoms with Crippen LogP contribution in [0.3, 0.4) is 0 Å². The third-order valence-corrected chi connectivity index (χ3v) is 3.90. The summed E-state index contributed by atoms with van der Waals surface area (Å²) in [5, 5.41) is 6.66. The maximum Gasteiger partial charge on any atom is 0.273 e. The van der Waals surface area contributed by atoms with Crippen LogP contribution in [0.1, 0.15) is 50.0 Å². The summed E-state index contributed by atoms with van der Waals surface area (Å²) in [6.07, 6.45) is 5.64. The Labute approximate surface area is 113 Å². The van der Waals surface area contributed by atoms with Crippen LogP contribution in [0.2, 0.25) is 0 Å². The molecule has 0 bridgehead atoms. The van der Waals surface area contributed by atoms with Gasteiger partial charge < -0.3 is 14.6 Å². The van der Waals surface area contributed by atoms with Gasteiger partial charge in [0.1, 0.15) is 6.26 Å². The van der Waals surface area contributed by atoms with Crippen molar-refractivity contribution in [3.05, 3.63) is 18.0 Å². The third-order valence-electron chi connectivity index (χ3n) is 3.90. The van der Waals surface area contributed by atoms with Gasteiger partial charge in [0.2, 0.25) is 0 Å². The molecule has 0 saturated carbocycles. The second-order valence-electron chi connectivity index (χ2n) is 5.07. The summed E-state index contributed by atoms with van der Waals surface area (Å²) in [4.78, 5) is 11.9. The molecule has 1 saturated heterocycles. The van der Waals surface area contributed by atoms with E-state index in [0.717, 1.165) is 25.7 Å². The Bertz CT molecular complexity index is 387. The molecule has 0 spiro atoms. The second kappa shape index (κ2) is 6.70. The smallest absolute Gasteiger partial charge is 0.273 e. The van der Waals surface area contributed by atoms with Crippen LogP contribution >= 0.6 is 0 Å². The lowest BCUT2D eigenvalue weighted by Gasteiger charge is -2.34. The van der Waals surface area contributed by atoms with Gasteiger partial charge in [0, 0.05) is 18.7 Å². The molecule has 1 aliphatic heterocycles. The number of nitrogens with one attached hydrogen (secondary N) is 1. The van der Waals surface area contributed by atoms with Crippen LogP contribution in [-0.2, 0) is 4.74 Å². The van der Waals surface area contributed by atoms with E-state index in [9.17, 15) is 4.79 Å². The van der Waals surface area contributed by atoms with Crippen molar-refractivity contribution in [2.75, 3.05) is 6.61 Å². The molecule has 0 aromatic carbocycles. The topological polar surface area (TPSA) is 64.4 Å². The summed E-state index contributed by atoms with van der Waals surface area (Å²) < 4.78 is 10.5. The summed E-state index contributed by atoms with van der Waals surface area (Å²) in [6, 6.07) is 1.75. The molecule has 1 amide bonds. The van der Waals surface area contributed by atoms with E-state index in [4.69, 9.17) is 4.74 Å². The highest BCUT2D eigenvalue weighted by molar-refractivity contribution is 5.92. The molecule has 1 N–H and O–H groups in total. The highest BCUT2D eigenvalue weighted by Gasteiger charge is 2.28. The van der Waals surface area contributed by atoms with Crippen molar-refractivity contribution < 1.29 is 14.1 Å². The number of carbonyl (C=O) groups is 1. The van der Waals surface area contributed by atoms with Crippen LogP contribution in [-0.4, -0.2) is 29.8 Å². The maximum atomic E-state index is 11.9. The van der Waals surface area contributed by atoms with Gasteiger partial charge in [0.25, 0.3) is 5.91 Å². The Morgan fingerprint density at radius 3 is 2.95 bits per heavy atom. The number of nitrogens with zero attached hydrogens (tertiary/aromatic N) is 1. The van der Waals surface area contributed by atoms with Crippen LogP contribution in [0, 0.1) is 5.92 Å². The number of hydrogen-bond donors (Lipinski definition) is 1. The fourth-order valence-corrected chi connectivity index (χ4v) is 2.69. The van der Waals surface area contributed by atoms with Gasteiger partial charge in [0.05, 0.1) is 6.10 Å². The van der Waals surface area contributed by atoms with E-state index in [0.29, 0.717) is 18.2 Å². The standard InChI is InChI=1S/C14H22N2O3/c1-3-10(4-2)13-9-11(5-7-18-13)15-14(17)12-6-8-19-16-12/h6,8,10-11,13H,3-5,7,9H2,1-2H3,(H,15,17). The van der Waals surface area contributed by atoms with Gasteiger partial charge >= 0.3 is 0 Å². The molecule has 5 heteroatoms. The molecular formula is C14H22N2O3. The number of ether oxygens (including phenoxy) is 1. The molecule has 5 nitrogen and oxygen atoms in total. The van der Waals surface area contributed by atoms with Gasteiger partial charge in [-0.3, -0.25) is 4.79 Å². The average Bonchev–Trinajstić information content (AvgIpc) is 2.94. The lowest BCUT2D eigenvalue weighted by Crippen LogP contribution is -2.44. The first-order chi connectivity index (χ1) is 9.24. The summed E-state index contributed by atoms with van der Waals surface area (Å²) in [5.41, 5.74) is 0.338. The van der Waals surface area contributed by atoms with Crippen molar-refractivity contribution in [1.82, 2.24) is 10.5 Å². The normalized spacial score (nSPS) is 23.5. The Kier molecular flexibility index (Phi) is 4.96. The number of amides is 1. The molecule has 2 rings (SSSR count). The molecule has 1 fully saturated rings. The Balaban J connectivity index is 1.89. The zero-order valence-electron chi connectivity index (χ0n) is 11.6. The van der Waals surface area contributed by atoms with E-state index in [1.54, 1.807) is 6.07 Å². The molecule has 0 aliphatic carbocycles. The van der Waals surface area contributed by atoms with E-state index in [2.05, 4.69) is 28.8 Å². The van der Waals surface area contributed by atoms with Crippen LogP contribution < -0.4 is 5.32 Å². The largest absolute Gasteiger partial charge is 0.378 e. The predicted molar refractivity (Wildman–Crippen MR) is 70.8 cm³/mol. The van der Waals surface area contributed by atoms with Gasteiger partial charge in [-0.2, -0.15) is 0 Å². The third kappa shape index (κ3) is 3.56. The predicted octanol–water partition coefficient (Wildman–Crippen LogP) is 2.39. The van der Waals surface area contributed by atoms with Gasteiger partial charge in [0.15, 0.2) is 5.69 Å². The Morgan fingerprint density at radius 2 is 2.32 bits per heavy atom. The van der Waals surface area contributed by atoms with E-state index >= 15 is 0 Å². The van der Waals surface area contributed by atoms with Crippen molar-refractivity contribution in [3.63, 3.8) is 0 Å². The molecule has 19 heavy (non-hydrogen) atoms. The first-order valence-electron chi connectivity index (χ1n) is 7.07. The second-order valence-corrected chi connectivity index (χ2v) is 5.07. The number of aromatic nitrogens is 1. The quantitative estimate of drug-likeness (QED) is 0.888. The van der Waals surface area contributed by atoms with Gasteiger partial charge in [-0.25, -0.2) is 0 Å². The molecule has 1 aromatic rings. The monoisotopic (exact) mass is 266 g/mol. The molecule has 1 aromatic heterocycles. The summed E-state index contributed by atoms with van der Waals surface area (Å²) in [6.45, 7) is 5.09. The van der Waals surface area contributed by atoms with Crippen LogP contribution in [0.5, 0.6) is 0 Å². The van der Waals surface area contributed by atoms with Crippen molar-refractivity contribution in [3.8, 4) is 0 Å². The van der Waals surface area contributed by atoms with Crippen molar-refractivity contribution in [2.24, 2.45) is 5.92 Å². The minimum absolute atomic E-state index is 0.163. The summed E-state index contributed by atoms with van der Waals surface area (Å²) in [7, 11) is 0. The van der Waals surface area contributed by atoms with Gasteiger partial charge in [-0.05, 0) is 18.8 Å². The molecule has 2 unspecified atom stereocenters. The fraction of sp³-hybridized carbons (Fsp3) is 0.714. The van der Waals surface area contributed by atoms with E-state index in [1.807, 2.05) is 0 Å². The van der Waals surface area contributed by atoms with E-state index in [1.165, 1.54) is 6.26 Å². The molecule has 2 atom stereocenters. The zero-order valence-corrected chi connectivity index (χ0v) is 11.6. The molecule has 2 heterocycles. The molecular weight excluding hydrogens is 244 g/mol. The minimum Gasteiger partial charge on any atom is -0.378 e. The molecule has 1 aliphatic rings. The lowest BCUT2D eigenvalue weighted by atomic mass is 9.89. The average molecular weight is 266 g/mol. The van der Waals surface area contributed by atoms with Crippen LogP contribution in [0.4, 0.5) is 0 Å². The first-order valence-corrected chi connectivity index (χ1v) is 7.07. The molecule has 106 valence electrons. The zero-order chi connectivity index (χ0) is 13.7. The van der Waals surface area contributed by atoms with Crippen molar-refractivity contribution in [2.45, 2.75) is 51.7 Å². The van der Waals surface area contributed by atoms with Crippen LogP contribution in [0.25, 0.3) is 0 Å². The Morgan fingerprint density at radius 1 is 1.53 bits per heavy atom. The van der Waals surface area contributed by atoms with Crippen molar-refractivity contribution >= 4 is 5.91 Å². The number of hydrogen-bond acceptors (Lipinski definition) is 4. The highest BCUT2D eigenvalue weighted by atomic mass is 16.5. The van der Waals surface area contributed by atoms with E-state index in [-0.39, 0.29) is 18.1 Å².